The Balaban J connectivity index is 1.89. The third kappa shape index (κ3) is 3.06. The van der Waals surface area contributed by atoms with Gasteiger partial charge in [0.25, 0.3) is 0 Å². The Bertz CT molecular complexity index is 807. The standard InChI is InChI=1S/C16H18FNO4S2/c1-22-16-3-2-13(6-15(16)17)24(20,21)18-7-12(9-19)14(8-18)11-4-5-23-10-11/h2-6,10,12,14,19H,7-9H2,1H3. The van der Waals surface area contributed by atoms with Gasteiger partial charge in [-0.25, -0.2) is 12.8 Å². The summed E-state index contributed by atoms with van der Waals surface area (Å²) in [5.74, 6) is -0.942. The van der Waals surface area contributed by atoms with Gasteiger partial charge in [0.1, 0.15) is 0 Å². The largest absolute Gasteiger partial charge is 0.494 e. The van der Waals surface area contributed by atoms with Crippen molar-refractivity contribution in [3.8, 4) is 5.75 Å². The molecule has 3 rings (SSSR count). The van der Waals surface area contributed by atoms with E-state index < -0.39 is 15.8 Å². The van der Waals surface area contributed by atoms with Crippen molar-refractivity contribution in [1.82, 2.24) is 4.31 Å². The van der Waals surface area contributed by atoms with Crippen LogP contribution < -0.4 is 4.74 Å². The minimum Gasteiger partial charge on any atom is -0.494 e. The van der Waals surface area contributed by atoms with Crippen LogP contribution in [-0.2, 0) is 10.0 Å². The maximum absolute atomic E-state index is 13.9. The Hall–Kier alpha value is -1.48. The topological polar surface area (TPSA) is 66.8 Å². The molecule has 1 saturated heterocycles. The van der Waals surface area contributed by atoms with Gasteiger partial charge in [-0.3, -0.25) is 0 Å². The van der Waals surface area contributed by atoms with Gasteiger partial charge in [0.2, 0.25) is 10.0 Å². The zero-order valence-corrected chi connectivity index (χ0v) is 14.7. The van der Waals surface area contributed by atoms with Crippen molar-refractivity contribution in [3.63, 3.8) is 0 Å². The van der Waals surface area contributed by atoms with Crippen molar-refractivity contribution in [2.45, 2.75) is 10.8 Å². The molecule has 1 aliphatic heterocycles. The molecule has 0 saturated carbocycles. The van der Waals surface area contributed by atoms with E-state index >= 15 is 0 Å². The van der Waals surface area contributed by atoms with E-state index in [-0.39, 0.29) is 42.2 Å². The predicted molar refractivity (Wildman–Crippen MR) is 89.3 cm³/mol. The molecule has 2 unspecified atom stereocenters. The number of rotatable bonds is 5. The number of benzene rings is 1. The third-order valence-electron chi connectivity index (χ3n) is 4.37. The summed E-state index contributed by atoms with van der Waals surface area (Å²) >= 11 is 1.54. The van der Waals surface area contributed by atoms with Crippen LogP contribution >= 0.6 is 11.3 Å². The van der Waals surface area contributed by atoms with E-state index in [0.717, 1.165) is 11.6 Å². The van der Waals surface area contributed by atoms with E-state index in [1.165, 1.54) is 34.9 Å². The quantitative estimate of drug-likeness (QED) is 0.876. The summed E-state index contributed by atoms with van der Waals surface area (Å²) in [5.41, 5.74) is 1.03. The second kappa shape index (κ2) is 6.79. The number of methoxy groups -OCH3 is 1. The van der Waals surface area contributed by atoms with E-state index in [1.54, 1.807) is 0 Å². The Kier molecular flexibility index (Phi) is 4.91. The molecule has 5 nitrogen and oxygen atoms in total. The van der Waals surface area contributed by atoms with Crippen LogP contribution in [0, 0.1) is 11.7 Å². The maximum Gasteiger partial charge on any atom is 0.243 e. The Labute approximate surface area is 144 Å². The molecule has 1 aliphatic rings. The zero-order chi connectivity index (χ0) is 17.3. The molecule has 2 aromatic rings. The smallest absolute Gasteiger partial charge is 0.243 e. The monoisotopic (exact) mass is 371 g/mol. The number of thiophene rings is 1. The lowest BCUT2D eigenvalue weighted by Gasteiger charge is -2.17. The summed E-state index contributed by atoms with van der Waals surface area (Å²) in [5, 5.41) is 13.5. The summed E-state index contributed by atoms with van der Waals surface area (Å²) in [6.45, 7) is 0.397. The summed E-state index contributed by atoms with van der Waals surface area (Å²) in [6.07, 6.45) is 0. The highest BCUT2D eigenvalue weighted by atomic mass is 32.2. The van der Waals surface area contributed by atoms with Crippen molar-refractivity contribution in [3.05, 3.63) is 46.4 Å². The van der Waals surface area contributed by atoms with E-state index in [2.05, 4.69) is 0 Å². The van der Waals surface area contributed by atoms with Crippen LogP contribution in [0.15, 0.2) is 39.9 Å². The molecule has 0 amide bonds. The minimum absolute atomic E-state index is 0.000226. The highest BCUT2D eigenvalue weighted by molar-refractivity contribution is 7.89. The van der Waals surface area contributed by atoms with Gasteiger partial charge in [-0.05, 0) is 40.6 Å². The number of sulfonamides is 1. The first-order valence-electron chi connectivity index (χ1n) is 7.44. The van der Waals surface area contributed by atoms with Gasteiger partial charge >= 0.3 is 0 Å². The van der Waals surface area contributed by atoms with E-state index in [0.29, 0.717) is 0 Å². The lowest BCUT2D eigenvalue weighted by molar-refractivity contribution is 0.223. The summed E-state index contributed by atoms with van der Waals surface area (Å²) < 4.78 is 45.6. The number of halogens is 1. The molecule has 24 heavy (non-hydrogen) atoms. The van der Waals surface area contributed by atoms with Gasteiger partial charge in [-0.15, -0.1) is 0 Å². The van der Waals surface area contributed by atoms with Gasteiger partial charge in [-0.2, -0.15) is 15.6 Å². The SMILES string of the molecule is COc1ccc(S(=O)(=O)N2CC(CO)C(c3ccsc3)C2)cc1F. The normalized spacial score (nSPS) is 22.0. The van der Waals surface area contributed by atoms with E-state index in [1.807, 2.05) is 16.8 Å². The number of hydrogen-bond acceptors (Lipinski definition) is 5. The average molecular weight is 371 g/mol. The molecule has 1 aromatic carbocycles. The molecule has 1 fully saturated rings. The Morgan fingerprint density at radius 1 is 1.38 bits per heavy atom. The minimum atomic E-state index is -3.82. The van der Waals surface area contributed by atoms with Crippen LogP contribution in [0.25, 0.3) is 0 Å². The summed E-state index contributed by atoms with van der Waals surface area (Å²) in [4.78, 5) is -0.108. The van der Waals surface area contributed by atoms with Gasteiger partial charge in [-0.1, -0.05) is 0 Å². The van der Waals surface area contributed by atoms with Crippen molar-refractivity contribution in [2.75, 3.05) is 26.8 Å². The molecule has 0 spiro atoms. The van der Waals surface area contributed by atoms with Crippen molar-refractivity contribution in [1.29, 1.82) is 0 Å². The number of aliphatic hydroxyl groups is 1. The van der Waals surface area contributed by atoms with E-state index in [4.69, 9.17) is 4.74 Å². The molecule has 2 atom stereocenters. The maximum atomic E-state index is 13.9. The van der Waals surface area contributed by atoms with Crippen LogP contribution in [0.2, 0.25) is 0 Å². The van der Waals surface area contributed by atoms with Crippen LogP contribution in [0.4, 0.5) is 4.39 Å². The molecule has 2 heterocycles. The van der Waals surface area contributed by atoms with Crippen molar-refractivity contribution in [2.24, 2.45) is 5.92 Å². The van der Waals surface area contributed by atoms with Crippen LogP contribution in [0.5, 0.6) is 5.75 Å². The lowest BCUT2D eigenvalue weighted by atomic mass is 9.92. The number of hydrogen-bond donors (Lipinski definition) is 1. The van der Waals surface area contributed by atoms with Gasteiger partial charge in [0, 0.05) is 31.5 Å². The molecule has 0 bridgehead atoms. The first kappa shape index (κ1) is 17.3. The first-order valence-corrected chi connectivity index (χ1v) is 9.82. The molecule has 130 valence electrons. The lowest BCUT2D eigenvalue weighted by Crippen LogP contribution is -2.29. The number of nitrogens with zero attached hydrogens (tertiary/aromatic N) is 1. The molecule has 0 radical (unpaired) electrons. The fraction of sp³-hybridized carbons (Fsp3) is 0.375. The van der Waals surface area contributed by atoms with Gasteiger partial charge in [0.15, 0.2) is 11.6 Å². The van der Waals surface area contributed by atoms with E-state index in [9.17, 15) is 17.9 Å². The second-order valence-corrected chi connectivity index (χ2v) is 8.44. The molecule has 0 aliphatic carbocycles. The zero-order valence-electron chi connectivity index (χ0n) is 13.1. The summed E-state index contributed by atoms with van der Waals surface area (Å²) in [6, 6.07) is 5.56. The number of aliphatic hydroxyl groups excluding tert-OH is 1. The molecular formula is C16H18FNO4S2. The van der Waals surface area contributed by atoms with Crippen LogP contribution in [-0.4, -0.2) is 44.6 Å². The number of ether oxygens (including phenoxy) is 1. The Morgan fingerprint density at radius 2 is 2.17 bits per heavy atom. The fourth-order valence-electron chi connectivity index (χ4n) is 3.03. The molecular weight excluding hydrogens is 353 g/mol. The first-order chi connectivity index (χ1) is 11.5. The highest BCUT2D eigenvalue weighted by Gasteiger charge is 2.40. The third-order valence-corrected chi connectivity index (χ3v) is 6.90. The summed E-state index contributed by atoms with van der Waals surface area (Å²) in [7, 11) is -2.50. The van der Waals surface area contributed by atoms with Crippen molar-refractivity contribution < 1.29 is 22.7 Å². The average Bonchev–Trinajstić information content (AvgIpc) is 3.23. The second-order valence-electron chi connectivity index (χ2n) is 5.72. The van der Waals surface area contributed by atoms with Crippen LogP contribution in [0.3, 0.4) is 0 Å². The van der Waals surface area contributed by atoms with Gasteiger partial charge < -0.3 is 9.84 Å². The molecule has 1 N–H and O–H groups in total. The fourth-order valence-corrected chi connectivity index (χ4v) is 5.29. The molecule has 8 heteroatoms. The van der Waals surface area contributed by atoms with Crippen LogP contribution in [0.1, 0.15) is 11.5 Å². The Morgan fingerprint density at radius 3 is 2.75 bits per heavy atom. The molecule has 1 aromatic heterocycles. The highest BCUT2D eigenvalue weighted by Crippen LogP contribution is 2.36. The van der Waals surface area contributed by atoms with Gasteiger partial charge in [0.05, 0.1) is 12.0 Å². The van der Waals surface area contributed by atoms with Crippen molar-refractivity contribution >= 4 is 21.4 Å². The predicted octanol–water partition coefficient (Wildman–Crippen LogP) is 2.29.